The Bertz CT molecular complexity index is 1650. The number of nitrogens with zero attached hydrogens (tertiary/aromatic N) is 1. The lowest BCUT2D eigenvalue weighted by atomic mass is 10.0. The molecule has 0 bridgehead atoms. The van der Waals surface area contributed by atoms with Crippen molar-refractivity contribution in [3.63, 3.8) is 0 Å². The minimum Gasteiger partial charge on any atom is -0.357 e. The van der Waals surface area contributed by atoms with Gasteiger partial charge in [-0.05, 0) is 48.5 Å². The van der Waals surface area contributed by atoms with E-state index in [1.165, 1.54) is 48.5 Å². The highest BCUT2D eigenvalue weighted by atomic mass is 79.9. The number of sulfonamides is 2. The Labute approximate surface area is 248 Å². The summed E-state index contributed by atoms with van der Waals surface area (Å²) in [5.74, 6) is 0. The van der Waals surface area contributed by atoms with Crippen LogP contribution >= 0.6 is 62.3 Å². The second kappa shape index (κ2) is 11.3. The van der Waals surface area contributed by atoms with Crippen LogP contribution in [0, 0.1) is 0 Å². The molecule has 0 spiro atoms. The molecule has 0 aliphatic heterocycles. The van der Waals surface area contributed by atoms with Crippen molar-refractivity contribution in [3.05, 3.63) is 110 Å². The molecule has 0 radical (unpaired) electrons. The van der Waals surface area contributed by atoms with E-state index in [-0.39, 0.29) is 9.79 Å². The third-order valence-corrected chi connectivity index (χ3v) is 10.4. The summed E-state index contributed by atoms with van der Waals surface area (Å²) < 4.78 is 59.7. The topological polar surface area (TPSA) is 105 Å². The largest absolute Gasteiger partial charge is 0.357 e. The van der Waals surface area contributed by atoms with Gasteiger partial charge in [-0.15, -0.1) is 0 Å². The minimum atomic E-state index is -4.29. The maximum absolute atomic E-state index is 13.4. The van der Waals surface area contributed by atoms with Gasteiger partial charge < -0.3 is 5.32 Å². The summed E-state index contributed by atoms with van der Waals surface area (Å²) in [6, 6.07) is 21.5. The van der Waals surface area contributed by atoms with Crippen molar-refractivity contribution in [1.82, 2.24) is 4.72 Å². The lowest BCUT2D eigenvalue weighted by Crippen LogP contribution is -2.57. The number of anilines is 1. The highest BCUT2D eigenvalue weighted by Gasteiger charge is 2.49. The van der Waals surface area contributed by atoms with Crippen LogP contribution in [0.5, 0.6) is 0 Å². The average molecular weight is 696 g/mol. The molecule has 1 aliphatic rings. The van der Waals surface area contributed by atoms with Crippen molar-refractivity contribution in [2.45, 2.75) is 15.5 Å². The standard InChI is InChI=1S/C24H16BrCl4N3O4S2/c25-15-11-13-16(14-12-15)30-24(32-38(35,36)18-9-5-2-6-10-18)22(28)19(26)21(20(27)23(24)29)31-37(33,34)17-7-3-1-4-8-17/h1-14,30,32H. The molecule has 38 heavy (non-hydrogen) atoms. The Morgan fingerprint density at radius 3 is 1.66 bits per heavy atom. The van der Waals surface area contributed by atoms with Crippen LogP contribution in [-0.2, 0) is 20.0 Å². The van der Waals surface area contributed by atoms with E-state index in [1.54, 1.807) is 36.4 Å². The van der Waals surface area contributed by atoms with Gasteiger partial charge in [0.15, 0.2) is 5.66 Å². The number of hydrogen-bond donors (Lipinski definition) is 2. The average Bonchev–Trinajstić information content (AvgIpc) is 2.91. The summed E-state index contributed by atoms with van der Waals surface area (Å²) in [7, 11) is -8.57. The number of rotatable bonds is 7. The smallest absolute Gasteiger partial charge is 0.282 e. The molecule has 4 rings (SSSR count). The Hall–Kier alpha value is -1.89. The summed E-state index contributed by atoms with van der Waals surface area (Å²) >= 11 is 29.8. The van der Waals surface area contributed by atoms with E-state index in [4.69, 9.17) is 46.4 Å². The minimum absolute atomic E-state index is 0.0933. The van der Waals surface area contributed by atoms with Crippen molar-refractivity contribution in [1.29, 1.82) is 0 Å². The van der Waals surface area contributed by atoms with Gasteiger partial charge in [-0.3, -0.25) is 0 Å². The van der Waals surface area contributed by atoms with E-state index < -0.39 is 51.6 Å². The van der Waals surface area contributed by atoms with E-state index in [2.05, 4.69) is 30.4 Å². The fraction of sp³-hybridized carbons (Fsp3) is 0.0417. The van der Waals surface area contributed by atoms with Crippen molar-refractivity contribution in [2.75, 3.05) is 5.32 Å². The van der Waals surface area contributed by atoms with Gasteiger partial charge in [0.05, 0.1) is 29.9 Å². The predicted molar refractivity (Wildman–Crippen MR) is 156 cm³/mol. The molecule has 14 heteroatoms. The van der Waals surface area contributed by atoms with E-state index in [0.717, 1.165) is 4.47 Å². The molecule has 3 aromatic carbocycles. The maximum atomic E-state index is 13.4. The van der Waals surface area contributed by atoms with Gasteiger partial charge in [0.1, 0.15) is 5.71 Å². The number of hydrogen-bond acceptors (Lipinski definition) is 5. The van der Waals surface area contributed by atoms with Crippen LogP contribution in [0.2, 0.25) is 0 Å². The zero-order valence-electron chi connectivity index (χ0n) is 18.9. The Morgan fingerprint density at radius 1 is 0.684 bits per heavy atom. The first kappa shape index (κ1) is 29.1. The van der Waals surface area contributed by atoms with Crippen molar-refractivity contribution < 1.29 is 16.8 Å². The molecule has 198 valence electrons. The molecule has 0 aromatic heterocycles. The number of allylic oxidation sites excluding steroid dienone is 2. The Balaban J connectivity index is 1.91. The predicted octanol–water partition coefficient (Wildman–Crippen LogP) is 6.76. The van der Waals surface area contributed by atoms with Crippen LogP contribution in [0.25, 0.3) is 0 Å². The van der Waals surface area contributed by atoms with Gasteiger partial charge >= 0.3 is 0 Å². The number of halogens is 5. The Kier molecular flexibility index (Phi) is 8.66. The third-order valence-electron chi connectivity index (χ3n) is 5.23. The second-order valence-electron chi connectivity index (χ2n) is 7.78. The normalized spacial score (nSPS) is 18.5. The molecular weight excluding hydrogens is 680 g/mol. The fourth-order valence-electron chi connectivity index (χ4n) is 3.41. The molecule has 0 amide bonds. The van der Waals surface area contributed by atoms with Gasteiger partial charge in [-0.25, -0.2) is 8.42 Å². The summed E-state index contributed by atoms with van der Waals surface area (Å²) in [4.78, 5) is -0.215. The van der Waals surface area contributed by atoms with Crippen molar-refractivity contribution >= 4 is 93.8 Å². The quantitative estimate of drug-likeness (QED) is 0.266. The molecule has 0 atom stereocenters. The van der Waals surface area contributed by atoms with Gasteiger partial charge in [-0.1, -0.05) is 98.7 Å². The van der Waals surface area contributed by atoms with E-state index in [0.29, 0.717) is 5.69 Å². The molecule has 2 N–H and O–H groups in total. The Morgan fingerprint density at radius 2 is 1.16 bits per heavy atom. The molecule has 0 saturated heterocycles. The lowest BCUT2D eigenvalue weighted by molar-refractivity contribution is 0.550. The molecule has 3 aromatic rings. The second-order valence-corrected chi connectivity index (χ2v) is 13.5. The molecule has 0 saturated carbocycles. The van der Waals surface area contributed by atoms with Gasteiger partial charge in [0.2, 0.25) is 10.0 Å². The summed E-state index contributed by atoms with van der Waals surface area (Å²) in [5, 5.41) is 1.29. The molecule has 0 unspecified atom stereocenters. The fourth-order valence-corrected chi connectivity index (χ4v) is 7.42. The van der Waals surface area contributed by atoms with Crippen molar-refractivity contribution in [3.8, 4) is 0 Å². The maximum Gasteiger partial charge on any atom is 0.282 e. The SMILES string of the molecule is O=S(=O)(N=C1C(Cl)=C(Cl)C(Nc2ccc(Br)cc2)(NS(=O)(=O)c2ccccc2)C(Cl)=C1Cl)c1ccccc1. The van der Waals surface area contributed by atoms with E-state index in [9.17, 15) is 16.8 Å². The number of benzene rings is 3. The first-order chi connectivity index (χ1) is 17.9. The summed E-state index contributed by atoms with van der Waals surface area (Å²) in [6.45, 7) is 0. The van der Waals surface area contributed by atoms with Crippen LogP contribution in [0.3, 0.4) is 0 Å². The molecule has 7 nitrogen and oxygen atoms in total. The van der Waals surface area contributed by atoms with Gasteiger partial charge in [-0.2, -0.15) is 17.5 Å². The van der Waals surface area contributed by atoms with Gasteiger partial charge in [0, 0.05) is 10.2 Å². The van der Waals surface area contributed by atoms with Crippen LogP contribution in [-0.4, -0.2) is 28.2 Å². The van der Waals surface area contributed by atoms with Crippen molar-refractivity contribution in [2.24, 2.45) is 4.40 Å². The molecule has 0 heterocycles. The lowest BCUT2D eigenvalue weighted by Gasteiger charge is -2.39. The van der Waals surface area contributed by atoms with Crippen LogP contribution < -0.4 is 10.0 Å². The van der Waals surface area contributed by atoms with E-state index >= 15 is 0 Å². The summed E-state index contributed by atoms with van der Waals surface area (Å²) in [5.41, 5.74) is -2.18. The first-order valence-electron chi connectivity index (χ1n) is 10.5. The third kappa shape index (κ3) is 5.83. The summed E-state index contributed by atoms with van der Waals surface area (Å²) in [6.07, 6.45) is 0. The van der Waals surface area contributed by atoms with Crippen LogP contribution in [0.4, 0.5) is 5.69 Å². The first-order valence-corrected chi connectivity index (χ1v) is 15.8. The zero-order chi connectivity index (χ0) is 27.7. The molecule has 1 aliphatic carbocycles. The molecular formula is C24H16BrCl4N3O4S2. The van der Waals surface area contributed by atoms with E-state index in [1.807, 2.05) is 0 Å². The highest BCUT2D eigenvalue weighted by molar-refractivity contribution is 9.10. The van der Waals surface area contributed by atoms with Gasteiger partial charge in [0.25, 0.3) is 10.0 Å². The van der Waals surface area contributed by atoms with Crippen LogP contribution in [0.15, 0.2) is 124 Å². The zero-order valence-corrected chi connectivity index (χ0v) is 25.1. The van der Waals surface area contributed by atoms with Crippen LogP contribution in [0.1, 0.15) is 0 Å². The number of nitrogens with one attached hydrogen (secondary N) is 2. The monoisotopic (exact) mass is 693 g/mol. The molecule has 0 fully saturated rings. The highest BCUT2D eigenvalue weighted by Crippen LogP contribution is 2.45.